The first-order valence-electron chi connectivity index (χ1n) is 7.67. The lowest BCUT2D eigenvalue weighted by Crippen LogP contribution is -2.13. The predicted octanol–water partition coefficient (Wildman–Crippen LogP) is 3.01. The second kappa shape index (κ2) is 5.91. The van der Waals surface area contributed by atoms with Gasteiger partial charge < -0.3 is 14.0 Å². The van der Waals surface area contributed by atoms with E-state index in [1.54, 1.807) is 0 Å². The average molecular weight is 312 g/mol. The molecule has 1 aromatic carbocycles. The molecule has 120 valence electrons. The van der Waals surface area contributed by atoms with Crippen LogP contribution >= 0.6 is 0 Å². The zero-order valence-electron chi connectivity index (χ0n) is 13.6. The van der Waals surface area contributed by atoms with Gasteiger partial charge in [-0.05, 0) is 37.6 Å². The van der Waals surface area contributed by atoms with Crippen molar-refractivity contribution in [3.05, 3.63) is 52.3 Å². The molecule has 0 aliphatic carbocycles. The van der Waals surface area contributed by atoms with Crippen molar-refractivity contribution >= 4 is 11.7 Å². The van der Waals surface area contributed by atoms with Crippen molar-refractivity contribution in [2.24, 2.45) is 7.05 Å². The highest BCUT2D eigenvalue weighted by atomic mass is 16.5. The van der Waals surface area contributed by atoms with Gasteiger partial charge >= 0.3 is 0 Å². The van der Waals surface area contributed by atoms with E-state index in [4.69, 9.17) is 14.9 Å². The minimum absolute atomic E-state index is 0.0378. The van der Waals surface area contributed by atoms with Crippen molar-refractivity contribution < 1.29 is 14.3 Å². The van der Waals surface area contributed by atoms with E-state index in [-0.39, 0.29) is 11.7 Å². The van der Waals surface area contributed by atoms with E-state index < -0.39 is 0 Å². The average Bonchev–Trinajstić information content (AvgIpc) is 2.73. The van der Waals surface area contributed by atoms with Crippen LogP contribution in [0.5, 0.6) is 5.75 Å². The van der Waals surface area contributed by atoms with E-state index in [1.165, 1.54) is 0 Å². The van der Waals surface area contributed by atoms with Gasteiger partial charge in [0.15, 0.2) is 5.90 Å². The number of hydrogen-bond donors (Lipinski definition) is 1. The van der Waals surface area contributed by atoms with E-state index in [0.717, 1.165) is 16.8 Å². The van der Waals surface area contributed by atoms with Crippen LogP contribution in [0.3, 0.4) is 0 Å². The summed E-state index contributed by atoms with van der Waals surface area (Å²) < 4.78 is 12.9. The van der Waals surface area contributed by atoms with Gasteiger partial charge in [-0.3, -0.25) is 10.2 Å². The molecule has 0 unspecified atom stereocenters. The third-order valence-corrected chi connectivity index (χ3v) is 4.05. The molecule has 0 amide bonds. The van der Waals surface area contributed by atoms with Crippen LogP contribution in [-0.2, 0) is 24.8 Å². The maximum Gasteiger partial charge on any atom is 0.213 e. The van der Waals surface area contributed by atoms with Crippen LogP contribution in [0, 0.1) is 12.3 Å². The quantitative estimate of drug-likeness (QED) is 0.700. The van der Waals surface area contributed by atoms with Gasteiger partial charge in [-0.2, -0.15) is 0 Å². The normalized spacial score (nSPS) is 12.9. The molecule has 1 aliphatic heterocycles. The second-order valence-corrected chi connectivity index (χ2v) is 5.72. The number of hydrogen-bond acceptors (Lipinski definition) is 4. The highest BCUT2D eigenvalue weighted by Crippen LogP contribution is 2.30. The SMILES string of the molecule is CCOC(=N)Cc1cc2c(n1C)C(=O)c1ccc(C)cc1OC2. The minimum atomic E-state index is -0.0378. The number of aromatic nitrogens is 1. The van der Waals surface area contributed by atoms with E-state index in [9.17, 15) is 4.79 Å². The number of fused-ring (bicyclic) bond motifs is 2. The minimum Gasteiger partial charge on any atom is -0.488 e. The molecule has 0 fully saturated rings. The summed E-state index contributed by atoms with van der Waals surface area (Å²) in [6, 6.07) is 7.56. The van der Waals surface area contributed by atoms with Gasteiger partial charge in [-0.1, -0.05) is 6.07 Å². The number of rotatable bonds is 3. The summed E-state index contributed by atoms with van der Waals surface area (Å²) >= 11 is 0. The molecule has 2 aromatic rings. The first-order valence-corrected chi connectivity index (χ1v) is 7.67. The fraction of sp³-hybridized carbons (Fsp3) is 0.333. The van der Waals surface area contributed by atoms with E-state index >= 15 is 0 Å². The number of benzene rings is 1. The molecule has 0 atom stereocenters. The van der Waals surface area contributed by atoms with E-state index in [1.807, 2.05) is 49.7 Å². The Labute approximate surface area is 135 Å². The molecule has 1 aromatic heterocycles. The predicted molar refractivity (Wildman–Crippen MR) is 87.4 cm³/mol. The molecule has 5 nitrogen and oxygen atoms in total. The standard InChI is InChI=1S/C18H20N2O3/c1-4-22-16(19)9-13-8-12-10-23-15-7-11(2)5-6-14(15)18(21)17(12)20(13)3/h5-8,19H,4,9-10H2,1-3H3. The zero-order chi connectivity index (χ0) is 16.6. The summed E-state index contributed by atoms with van der Waals surface area (Å²) in [6.07, 6.45) is 0.366. The number of carbonyl (C=O) groups excluding carboxylic acids is 1. The first-order chi connectivity index (χ1) is 11.0. The van der Waals surface area contributed by atoms with Gasteiger partial charge in [0.1, 0.15) is 12.4 Å². The number of aryl methyl sites for hydroxylation is 1. The number of nitrogens with one attached hydrogen (secondary N) is 1. The first kappa shape index (κ1) is 15.3. The highest BCUT2D eigenvalue weighted by molar-refractivity contribution is 6.11. The summed E-state index contributed by atoms with van der Waals surface area (Å²) in [6.45, 7) is 4.65. The monoisotopic (exact) mass is 312 g/mol. The molecular weight excluding hydrogens is 292 g/mol. The zero-order valence-corrected chi connectivity index (χ0v) is 13.6. The Morgan fingerprint density at radius 2 is 2.17 bits per heavy atom. The van der Waals surface area contributed by atoms with E-state index in [0.29, 0.717) is 36.6 Å². The highest BCUT2D eigenvalue weighted by Gasteiger charge is 2.27. The van der Waals surface area contributed by atoms with Crippen molar-refractivity contribution in [2.45, 2.75) is 26.9 Å². The Bertz CT molecular complexity index is 790. The Morgan fingerprint density at radius 1 is 1.39 bits per heavy atom. The van der Waals surface area contributed by atoms with Crippen molar-refractivity contribution in [1.29, 1.82) is 5.41 Å². The van der Waals surface area contributed by atoms with Gasteiger partial charge in [0, 0.05) is 18.3 Å². The molecule has 0 radical (unpaired) electrons. The number of ether oxygens (including phenoxy) is 2. The topological polar surface area (TPSA) is 64.3 Å². The number of nitrogens with zero attached hydrogens (tertiary/aromatic N) is 1. The van der Waals surface area contributed by atoms with Crippen LogP contribution in [0.15, 0.2) is 24.3 Å². The van der Waals surface area contributed by atoms with Crippen LogP contribution in [0.25, 0.3) is 0 Å². The van der Waals surface area contributed by atoms with Gasteiger partial charge in [-0.15, -0.1) is 0 Å². The Morgan fingerprint density at radius 3 is 2.91 bits per heavy atom. The molecule has 0 bridgehead atoms. The van der Waals surface area contributed by atoms with Crippen LogP contribution in [-0.4, -0.2) is 22.9 Å². The van der Waals surface area contributed by atoms with E-state index in [2.05, 4.69) is 0 Å². The van der Waals surface area contributed by atoms with Gasteiger partial charge in [-0.25, -0.2) is 0 Å². The fourth-order valence-electron chi connectivity index (χ4n) is 2.91. The number of carbonyl (C=O) groups is 1. The maximum absolute atomic E-state index is 12.9. The fourth-order valence-corrected chi connectivity index (χ4v) is 2.91. The maximum atomic E-state index is 12.9. The van der Waals surface area contributed by atoms with Crippen molar-refractivity contribution in [3.63, 3.8) is 0 Å². The molecule has 2 heterocycles. The third kappa shape index (κ3) is 2.74. The molecule has 0 spiro atoms. The van der Waals surface area contributed by atoms with Gasteiger partial charge in [0.2, 0.25) is 5.78 Å². The Kier molecular flexibility index (Phi) is 3.94. The smallest absolute Gasteiger partial charge is 0.213 e. The second-order valence-electron chi connectivity index (χ2n) is 5.72. The summed E-state index contributed by atoms with van der Waals surface area (Å²) in [5, 5.41) is 7.81. The van der Waals surface area contributed by atoms with Gasteiger partial charge in [0.05, 0.1) is 24.3 Å². The third-order valence-electron chi connectivity index (χ3n) is 4.05. The summed E-state index contributed by atoms with van der Waals surface area (Å²) in [4.78, 5) is 12.9. The molecule has 0 saturated carbocycles. The molecule has 1 aliphatic rings. The summed E-state index contributed by atoms with van der Waals surface area (Å²) in [5.41, 5.74) is 4.01. The van der Waals surface area contributed by atoms with Crippen molar-refractivity contribution in [3.8, 4) is 5.75 Å². The number of ketones is 1. The largest absolute Gasteiger partial charge is 0.488 e. The van der Waals surface area contributed by atoms with Crippen LogP contribution in [0.4, 0.5) is 0 Å². The summed E-state index contributed by atoms with van der Waals surface area (Å²) in [7, 11) is 1.85. The lowest BCUT2D eigenvalue weighted by molar-refractivity contribution is 0.103. The molecule has 1 N–H and O–H groups in total. The molecular formula is C18H20N2O3. The molecule has 23 heavy (non-hydrogen) atoms. The van der Waals surface area contributed by atoms with Crippen LogP contribution in [0.2, 0.25) is 0 Å². The summed E-state index contributed by atoms with van der Waals surface area (Å²) in [5.74, 6) is 0.798. The van der Waals surface area contributed by atoms with Crippen molar-refractivity contribution in [1.82, 2.24) is 4.57 Å². The Hall–Kier alpha value is -2.56. The Balaban J connectivity index is 2.00. The van der Waals surface area contributed by atoms with Crippen LogP contribution < -0.4 is 4.74 Å². The molecule has 3 rings (SSSR count). The lowest BCUT2D eigenvalue weighted by atomic mass is 10.0. The van der Waals surface area contributed by atoms with Crippen molar-refractivity contribution in [2.75, 3.05) is 6.61 Å². The van der Waals surface area contributed by atoms with Gasteiger partial charge in [0.25, 0.3) is 0 Å². The molecule has 5 heteroatoms. The van der Waals surface area contributed by atoms with Crippen LogP contribution in [0.1, 0.15) is 39.8 Å². The lowest BCUT2D eigenvalue weighted by Gasteiger charge is -2.10. The molecule has 0 saturated heterocycles.